The van der Waals surface area contributed by atoms with E-state index in [4.69, 9.17) is 0 Å². The Hall–Kier alpha value is -2.61. The SMILES string of the molecule is Cc1cc(C(=O)N2CCC[C@@H](c3nccn3Cc3cscn3)C2)nc(C)n1. The zero-order valence-electron chi connectivity index (χ0n) is 15.5. The van der Waals surface area contributed by atoms with Gasteiger partial charge in [0, 0.05) is 42.5 Å². The van der Waals surface area contributed by atoms with Crippen molar-refractivity contribution in [3.05, 3.63) is 58.1 Å². The summed E-state index contributed by atoms with van der Waals surface area (Å²) in [6.07, 6.45) is 5.81. The second-order valence-electron chi connectivity index (χ2n) is 6.93. The Morgan fingerprint density at radius 1 is 1.30 bits per heavy atom. The van der Waals surface area contributed by atoms with Gasteiger partial charge in [-0.05, 0) is 32.8 Å². The number of hydrogen-bond donors (Lipinski definition) is 0. The van der Waals surface area contributed by atoms with E-state index in [1.54, 1.807) is 17.4 Å². The second kappa shape index (κ2) is 7.56. The summed E-state index contributed by atoms with van der Waals surface area (Å²) in [6, 6.07) is 1.77. The molecule has 4 rings (SSSR count). The number of thiazole rings is 1. The first kappa shape index (κ1) is 17.8. The lowest BCUT2D eigenvalue weighted by atomic mass is 9.96. The molecule has 4 heterocycles. The number of carbonyl (C=O) groups is 1. The molecule has 1 fully saturated rings. The van der Waals surface area contributed by atoms with Gasteiger partial charge < -0.3 is 9.47 Å². The summed E-state index contributed by atoms with van der Waals surface area (Å²) in [7, 11) is 0. The third-order valence-corrected chi connectivity index (χ3v) is 5.46. The fourth-order valence-corrected chi connectivity index (χ4v) is 4.21. The van der Waals surface area contributed by atoms with E-state index in [1.807, 2.05) is 36.7 Å². The molecule has 8 heteroatoms. The lowest BCUT2D eigenvalue weighted by Crippen LogP contribution is -2.40. The zero-order chi connectivity index (χ0) is 18.8. The molecule has 1 atom stereocenters. The van der Waals surface area contributed by atoms with Crippen LogP contribution in [0.2, 0.25) is 0 Å². The Morgan fingerprint density at radius 2 is 2.19 bits per heavy atom. The number of aryl methyl sites for hydroxylation is 2. The average molecular weight is 382 g/mol. The monoisotopic (exact) mass is 382 g/mol. The van der Waals surface area contributed by atoms with Gasteiger partial charge in [-0.1, -0.05) is 0 Å². The van der Waals surface area contributed by atoms with Crippen LogP contribution in [0.4, 0.5) is 0 Å². The van der Waals surface area contributed by atoms with Crippen LogP contribution in [0.15, 0.2) is 29.4 Å². The largest absolute Gasteiger partial charge is 0.337 e. The minimum atomic E-state index is -0.0223. The van der Waals surface area contributed by atoms with Crippen molar-refractivity contribution in [2.45, 2.75) is 39.2 Å². The fraction of sp³-hybridized carbons (Fsp3) is 0.421. The van der Waals surface area contributed by atoms with Crippen LogP contribution in [0.5, 0.6) is 0 Å². The van der Waals surface area contributed by atoms with Gasteiger partial charge in [0.2, 0.25) is 0 Å². The average Bonchev–Trinajstić information content (AvgIpc) is 3.33. The predicted molar refractivity (Wildman–Crippen MR) is 103 cm³/mol. The summed E-state index contributed by atoms with van der Waals surface area (Å²) < 4.78 is 2.15. The number of nitrogens with zero attached hydrogens (tertiary/aromatic N) is 6. The third kappa shape index (κ3) is 3.90. The van der Waals surface area contributed by atoms with Gasteiger partial charge in [0.1, 0.15) is 17.3 Å². The first-order chi connectivity index (χ1) is 13.1. The van der Waals surface area contributed by atoms with E-state index in [1.165, 1.54) is 0 Å². The Balaban J connectivity index is 1.52. The van der Waals surface area contributed by atoms with E-state index >= 15 is 0 Å². The highest BCUT2D eigenvalue weighted by Gasteiger charge is 2.28. The molecule has 1 aliphatic heterocycles. The van der Waals surface area contributed by atoms with Crippen LogP contribution in [0.3, 0.4) is 0 Å². The van der Waals surface area contributed by atoms with Crippen LogP contribution >= 0.6 is 11.3 Å². The minimum absolute atomic E-state index is 0.0223. The Bertz CT molecular complexity index is 915. The van der Waals surface area contributed by atoms with Crippen molar-refractivity contribution in [3.8, 4) is 0 Å². The molecule has 0 spiro atoms. The van der Waals surface area contributed by atoms with E-state index < -0.39 is 0 Å². The molecule has 0 saturated carbocycles. The number of aromatic nitrogens is 5. The first-order valence-corrected chi connectivity index (χ1v) is 10.0. The van der Waals surface area contributed by atoms with E-state index in [0.717, 1.165) is 36.6 Å². The normalized spacial score (nSPS) is 17.3. The Morgan fingerprint density at radius 3 is 2.96 bits per heavy atom. The molecule has 0 unspecified atom stereocenters. The van der Waals surface area contributed by atoms with Gasteiger partial charge in [-0.15, -0.1) is 11.3 Å². The zero-order valence-corrected chi connectivity index (χ0v) is 16.3. The molecule has 0 aliphatic carbocycles. The lowest BCUT2D eigenvalue weighted by Gasteiger charge is -2.32. The number of amides is 1. The molecule has 1 amide bonds. The van der Waals surface area contributed by atoms with E-state index in [0.29, 0.717) is 24.6 Å². The van der Waals surface area contributed by atoms with E-state index in [9.17, 15) is 4.79 Å². The number of imidazole rings is 1. The van der Waals surface area contributed by atoms with Crippen molar-refractivity contribution < 1.29 is 4.79 Å². The van der Waals surface area contributed by atoms with Gasteiger partial charge in [0.25, 0.3) is 5.91 Å². The van der Waals surface area contributed by atoms with Crippen molar-refractivity contribution in [3.63, 3.8) is 0 Å². The first-order valence-electron chi connectivity index (χ1n) is 9.10. The summed E-state index contributed by atoms with van der Waals surface area (Å²) in [6.45, 7) is 5.84. The highest BCUT2D eigenvalue weighted by atomic mass is 32.1. The summed E-state index contributed by atoms with van der Waals surface area (Å²) in [5.74, 6) is 1.85. The minimum Gasteiger partial charge on any atom is -0.337 e. The van der Waals surface area contributed by atoms with Gasteiger partial charge >= 0.3 is 0 Å². The fourth-order valence-electron chi connectivity index (χ4n) is 3.67. The van der Waals surface area contributed by atoms with Gasteiger partial charge in [-0.2, -0.15) is 0 Å². The number of likely N-dealkylation sites (tertiary alicyclic amines) is 1. The van der Waals surface area contributed by atoms with Crippen LogP contribution < -0.4 is 0 Å². The molecule has 0 radical (unpaired) electrons. The van der Waals surface area contributed by atoms with Crippen LogP contribution in [-0.2, 0) is 6.54 Å². The summed E-state index contributed by atoms with van der Waals surface area (Å²) >= 11 is 1.60. The Kier molecular flexibility index (Phi) is 4.98. The van der Waals surface area contributed by atoms with Crippen molar-refractivity contribution in [1.29, 1.82) is 0 Å². The molecule has 27 heavy (non-hydrogen) atoms. The molecule has 0 aromatic carbocycles. The van der Waals surface area contributed by atoms with Crippen molar-refractivity contribution in [2.24, 2.45) is 0 Å². The van der Waals surface area contributed by atoms with Gasteiger partial charge in [-0.3, -0.25) is 4.79 Å². The molecular weight excluding hydrogens is 360 g/mol. The van der Waals surface area contributed by atoms with Crippen molar-refractivity contribution in [2.75, 3.05) is 13.1 Å². The summed E-state index contributed by atoms with van der Waals surface area (Å²) in [5, 5.41) is 2.06. The number of piperidine rings is 1. The highest BCUT2D eigenvalue weighted by molar-refractivity contribution is 7.07. The van der Waals surface area contributed by atoms with Crippen LogP contribution in [0.1, 0.15) is 52.3 Å². The van der Waals surface area contributed by atoms with Crippen molar-refractivity contribution in [1.82, 2.24) is 29.4 Å². The van der Waals surface area contributed by atoms with Crippen LogP contribution in [0.25, 0.3) is 0 Å². The van der Waals surface area contributed by atoms with Gasteiger partial charge in [0.15, 0.2) is 0 Å². The van der Waals surface area contributed by atoms with Gasteiger partial charge in [0.05, 0.1) is 17.7 Å². The highest BCUT2D eigenvalue weighted by Crippen LogP contribution is 2.27. The maximum Gasteiger partial charge on any atom is 0.272 e. The number of hydrogen-bond acceptors (Lipinski definition) is 6. The standard InChI is InChI=1S/C19H22N6OS/c1-13-8-17(23-14(2)22-13)19(26)25-6-3-4-15(9-25)18-20-5-7-24(18)10-16-11-27-12-21-16/h5,7-8,11-12,15H,3-4,6,9-10H2,1-2H3/t15-/m1/s1. The molecule has 1 saturated heterocycles. The molecule has 3 aromatic heterocycles. The topological polar surface area (TPSA) is 76.8 Å². The maximum atomic E-state index is 13.0. The maximum absolute atomic E-state index is 13.0. The summed E-state index contributed by atoms with van der Waals surface area (Å²) in [4.78, 5) is 32.4. The van der Waals surface area contributed by atoms with Crippen molar-refractivity contribution >= 4 is 17.2 Å². The van der Waals surface area contributed by atoms with E-state index in [2.05, 4.69) is 29.9 Å². The van der Waals surface area contributed by atoms with E-state index in [-0.39, 0.29) is 11.8 Å². The third-order valence-electron chi connectivity index (χ3n) is 4.82. The smallest absolute Gasteiger partial charge is 0.272 e. The number of carbonyl (C=O) groups excluding carboxylic acids is 1. The molecule has 0 N–H and O–H groups in total. The van der Waals surface area contributed by atoms with Gasteiger partial charge in [-0.25, -0.2) is 19.9 Å². The molecule has 140 valence electrons. The molecular formula is C19H22N6OS. The Labute approximate surface area is 162 Å². The predicted octanol–water partition coefficient (Wildman–Crippen LogP) is 2.81. The molecule has 0 bridgehead atoms. The quantitative estimate of drug-likeness (QED) is 0.693. The summed E-state index contributed by atoms with van der Waals surface area (Å²) in [5.41, 5.74) is 4.18. The molecule has 3 aromatic rings. The second-order valence-corrected chi connectivity index (χ2v) is 7.64. The van der Waals surface area contributed by atoms with Crippen LogP contribution in [0, 0.1) is 13.8 Å². The lowest BCUT2D eigenvalue weighted by molar-refractivity contribution is 0.0696. The number of rotatable bonds is 4. The molecule has 1 aliphatic rings. The molecule has 7 nitrogen and oxygen atoms in total. The van der Waals surface area contributed by atoms with Crippen LogP contribution in [-0.4, -0.2) is 48.4 Å².